The maximum Gasteiger partial charge on any atom is 0.143 e. The summed E-state index contributed by atoms with van der Waals surface area (Å²) in [4.78, 5) is 2.27. The lowest BCUT2D eigenvalue weighted by Gasteiger charge is -2.39. The molecule has 0 aromatic heterocycles. The van der Waals surface area contributed by atoms with Crippen molar-refractivity contribution in [3.05, 3.63) is 29.0 Å². The molecule has 1 N–H and O–H groups in total. The van der Waals surface area contributed by atoms with E-state index in [1.807, 2.05) is 6.07 Å². The Labute approximate surface area is 119 Å². The van der Waals surface area contributed by atoms with Crippen molar-refractivity contribution in [3.8, 4) is 0 Å². The Balaban J connectivity index is 2.01. The summed E-state index contributed by atoms with van der Waals surface area (Å²) in [7, 11) is 0. The van der Waals surface area contributed by atoms with Crippen molar-refractivity contribution >= 4 is 17.3 Å². The molecule has 106 valence electrons. The second-order valence-corrected chi connectivity index (χ2v) is 5.72. The van der Waals surface area contributed by atoms with Gasteiger partial charge in [-0.2, -0.15) is 0 Å². The Morgan fingerprint density at radius 2 is 2.26 bits per heavy atom. The Morgan fingerprint density at radius 1 is 1.47 bits per heavy atom. The van der Waals surface area contributed by atoms with E-state index in [2.05, 4.69) is 24.1 Å². The smallest absolute Gasteiger partial charge is 0.143 e. The van der Waals surface area contributed by atoms with Gasteiger partial charge in [0.15, 0.2) is 0 Å². The molecule has 0 saturated carbocycles. The van der Waals surface area contributed by atoms with Gasteiger partial charge in [0.25, 0.3) is 0 Å². The van der Waals surface area contributed by atoms with E-state index < -0.39 is 0 Å². The van der Waals surface area contributed by atoms with Gasteiger partial charge in [0.05, 0.1) is 5.02 Å². The molecule has 0 bridgehead atoms. The van der Waals surface area contributed by atoms with Crippen LogP contribution in [0.15, 0.2) is 18.2 Å². The van der Waals surface area contributed by atoms with Gasteiger partial charge in [-0.3, -0.25) is 0 Å². The summed E-state index contributed by atoms with van der Waals surface area (Å²) in [6.07, 6.45) is 3.37. The molecule has 4 heteroatoms. The molecule has 2 rings (SSSR count). The van der Waals surface area contributed by atoms with Gasteiger partial charge in [-0.25, -0.2) is 4.39 Å². The van der Waals surface area contributed by atoms with Gasteiger partial charge in [0.1, 0.15) is 5.82 Å². The number of hydrogen-bond donors (Lipinski definition) is 1. The minimum atomic E-state index is -0.336. The Hall–Kier alpha value is -0.800. The standard InChI is InChI=1S/C15H22ClFN2/c1-3-7-18-12-6-8-19(11(2)9-12)13-4-5-14(16)15(17)10-13/h4-5,10-12,18H,3,6-9H2,1-2H3. The minimum absolute atomic E-state index is 0.191. The van der Waals surface area contributed by atoms with Crippen LogP contribution in [0.3, 0.4) is 0 Å². The number of rotatable bonds is 4. The number of nitrogens with zero attached hydrogens (tertiary/aromatic N) is 1. The van der Waals surface area contributed by atoms with E-state index in [0.29, 0.717) is 12.1 Å². The first-order valence-corrected chi connectivity index (χ1v) is 7.44. The summed E-state index contributed by atoms with van der Waals surface area (Å²) >= 11 is 5.73. The summed E-state index contributed by atoms with van der Waals surface area (Å²) in [6, 6.07) is 6.09. The van der Waals surface area contributed by atoms with Crippen LogP contribution >= 0.6 is 11.6 Å². The van der Waals surface area contributed by atoms with Gasteiger partial charge < -0.3 is 10.2 Å². The molecule has 1 aromatic rings. The number of nitrogens with one attached hydrogen (secondary N) is 1. The van der Waals surface area contributed by atoms with Crippen molar-refractivity contribution in [2.75, 3.05) is 18.0 Å². The fraction of sp³-hybridized carbons (Fsp3) is 0.600. The first kappa shape index (κ1) is 14.6. The van der Waals surface area contributed by atoms with Crippen LogP contribution in [0.1, 0.15) is 33.1 Å². The van der Waals surface area contributed by atoms with Crippen LogP contribution < -0.4 is 10.2 Å². The van der Waals surface area contributed by atoms with Crippen LogP contribution in [0.25, 0.3) is 0 Å². The minimum Gasteiger partial charge on any atom is -0.369 e. The summed E-state index contributed by atoms with van der Waals surface area (Å²) in [5.41, 5.74) is 0.934. The van der Waals surface area contributed by atoms with Crippen LogP contribution in [-0.2, 0) is 0 Å². The lowest BCUT2D eigenvalue weighted by Crippen LogP contribution is -2.47. The van der Waals surface area contributed by atoms with E-state index in [4.69, 9.17) is 11.6 Å². The van der Waals surface area contributed by atoms with Gasteiger partial charge >= 0.3 is 0 Å². The lowest BCUT2D eigenvalue weighted by atomic mass is 9.97. The molecular weight excluding hydrogens is 263 g/mol. The second-order valence-electron chi connectivity index (χ2n) is 5.32. The Bertz CT molecular complexity index is 425. The maximum absolute atomic E-state index is 13.5. The van der Waals surface area contributed by atoms with Crippen LogP contribution in [0.5, 0.6) is 0 Å². The first-order chi connectivity index (χ1) is 9.11. The lowest BCUT2D eigenvalue weighted by molar-refractivity contribution is 0.368. The van der Waals surface area contributed by atoms with Crippen molar-refractivity contribution in [1.82, 2.24) is 5.32 Å². The second kappa shape index (κ2) is 6.58. The zero-order chi connectivity index (χ0) is 13.8. The molecule has 2 atom stereocenters. The van der Waals surface area contributed by atoms with Crippen molar-refractivity contribution in [2.45, 2.75) is 45.2 Å². The monoisotopic (exact) mass is 284 g/mol. The van der Waals surface area contributed by atoms with Gasteiger partial charge in [0, 0.05) is 24.3 Å². The molecule has 1 aliphatic rings. The highest BCUT2D eigenvalue weighted by Crippen LogP contribution is 2.27. The molecule has 0 amide bonds. The molecule has 0 spiro atoms. The Kier molecular flexibility index (Phi) is 5.06. The normalized spacial score (nSPS) is 23.7. The molecule has 2 unspecified atom stereocenters. The topological polar surface area (TPSA) is 15.3 Å². The van der Waals surface area contributed by atoms with Crippen LogP contribution in [0, 0.1) is 5.82 Å². The van der Waals surface area contributed by atoms with Gasteiger partial charge in [-0.1, -0.05) is 18.5 Å². The number of halogens is 2. The highest BCUT2D eigenvalue weighted by atomic mass is 35.5. The third kappa shape index (κ3) is 3.61. The van der Waals surface area contributed by atoms with Crippen LogP contribution in [0.2, 0.25) is 5.02 Å². The summed E-state index contributed by atoms with van der Waals surface area (Å²) in [5, 5.41) is 3.76. The van der Waals surface area contributed by atoms with Crippen molar-refractivity contribution in [2.24, 2.45) is 0 Å². The number of benzene rings is 1. The van der Waals surface area contributed by atoms with Crippen molar-refractivity contribution < 1.29 is 4.39 Å². The van der Waals surface area contributed by atoms with Gasteiger partial charge in [-0.05, 0) is 50.9 Å². The molecular formula is C15H22ClFN2. The molecule has 1 aliphatic heterocycles. The van der Waals surface area contributed by atoms with Gasteiger partial charge in [-0.15, -0.1) is 0 Å². The van der Waals surface area contributed by atoms with Crippen molar-refractivity contribution in [3.63, 3.8) is 0 Å². The zero-order valence-corrected chi connectivity index (χ0v) is 12.4. The molecule has 2 nitrogen and oxygen atoms in total. The third-order valence-corrected chi connectivity index (χ3v) is 4.10. The largest absolute Gasteiger partial charge is 0.369 e. The fourth-order valence-electron chi connectivity index (χ4n) is 2.75. The average Bonchev–Trinajstić information content (AvgIpc) is 2.40. The summed E-state index contributed by atoms with van der Waals surface area (Å²) in [6.45, 7) is 6.42. The van der Waals surface area contributed by atoms with Gasteiger partial charge in [0.2, 0.25) is 0 Å². The SMILES string of the molecule is CCCNC1CCN(c2ccc(Cl)c(F)c2)C(C)C1. The fourth-order valence-corrected chi connectivity index (χ4v) is 2.87. The Morgan fingerprint density at radius 3 is 2.89 bits per heavy atom. The van der Waals surface area contributed by atoms with E-state index in [0.717, 1.165) is 38.0 Å². The quantitative estimate of drug-likeness (QED) is 0.904. The number of piperidine rings is 1. The number of anilines is 1. The number of hydrogen-bond acceptors (Lipinski definition) is 2. The highest BCUT2D eigenvalue weighted by Gasteiger charge is 2.25. The highest BCUT2D eigenvalue weighted by molar-refractivity contribution is 6.30. The van der Waals surface area contributed by atoms with Crippen molar-refractivity contribution in [1.29, 1.82) is 0 Å². The predicted molar refractivity (Wildman–Crippen MR) is 79.5 cm³/mol. The van der Waals surface area contributed by atoms with Crippen LogP contribution in [0.4, 0.5) is 10.1 Å². The predicted octanol–water partition coefficient (Wildman–Crippen LogP) is 3.84. The molecule has 19 heavy (non-hydrogen) atoms. The summed E-state index contributed by atoms with van der Waals surface area (Å²) in [5.74, 6) is -0.336. The van der Waals surface area contributed by atoms with Crippen LogP contribution in [-0.4, -0.2) is 25.2 Å². The molecule has 0 radical (unpaired) electrons. The first-order valence-electron chi connectivity index (χ1n) is 7.07. The molecule has 1 heterocycles. The zero-order valence-electron chi connectivity index (χ0n) is 11.6. The van der Waals surface area contributed by atoms with E-state index >= 15 is 0 Å². The van der Waals surface area contributed by atoms with E-state index in [-0.39, 0.29) is 10.8 Å². The molecule has 1 aromatic carbocycles. The van der Waals surface area contributed by atoms with E-state index in [1.165, 1.54) is 0 Å². The molecule has 1 saturated heterocycles. The van der Waals surface area contributed by atoms with E-state index in [9.17, 15) is 4.39 Å². The molecule has 0 aliphatic carbocycles. The average molecular weight is 285 g/mol. The molecule has 1 fully saturated rings. The maximum atomic E-state index is 13.5. The third-order valence-electron chi connectivity index (χ3n) is 3.79. The van der Waals surface area contributed by atoms with E-state index in [1.54, 1.807) is 12.1 Å². The summed E-state index contributed by atoms with van der Waals surface area (Å²) < 4.78 is 13.5.